The van der Waals surface area contributed by atoms with E-state index in [1.165, 1.54) is 42.9 Å². The van der Waals surface area contributed by atoms with E-state index in [0.717, 1.165) is 13.0 Å². The Kier molecular flexibility index (Phi) is 3.98. The fraction of sp³-hybridized carbons (Fsp3) is 0.769. The molecule has 0 unspecified atom stereocenters. The lowest BCUT2D eigenvalue weighted by Gasteiger charge is -2.41. The number of nitrogens with one attached hydrogen (secondary N) is 1. The first-order valence-corrected chi connectivity index (χ1v) is 7.30. The third-order valence-corrected chi connectivity index (χ3v) is 4.91. The highest BCUT2D eigenvalue weighted by molar-refractivity contribution is 7.09. The molecular formula is C13H22N2S. The van der Waals surface area contributed by atoms with E-state index in [2.05, 4.69) is 29.5 Å². The van der Waals surface area contributed by atoms with Crippen LogP contribution in [-0.4, -0.2) is 11.5 Å². The van der Waals surface area contributed by atoms with Gasteiger partial charge in [0.15, 0.2) is 0 Å². The largest absolute Gasteiger partial charge is 0.311 e. The van der Waals surface area contributed by atoms with E-state index in [-0.39, 0.29) is 0 Å². The van der Waals surface area contributed by atoms with Gasteiger partial charge in [-0.25, -0.2) is 4.98 Å². The molecule has 2 nitrogen and oxygen atoms in total. The summed E-state index contributed by atoms with van der Waals surface area (Å²) in [5.74, 6) is 0. The summed E-state index contributed by atoms with van der Waals surface area (Å²) in [6.07, 6.45) is 6.62. The maximum atomic E-state index is 4.57. The third kappa shape index (κ3) is 2.64. The zero-order valence-electron chi connectivity index (χ0n) is 10.4. The van der Waals surface area contributed by atoms with Gasteiger partial charge in [-0.05, 0) is 31.1 Å². The van der Waals surface area contributed by atoms with Crippen LogP contribution in [0.5, 0.6) is 0 Å². The lowest BCUT2D eigenvalue weighted by atomic mass is 9.67. The topological polar surface area (TPSA) is 24.9 Å². The van der Waals surface area contributed by atoms with Crippen LogP contribution in [0.15, 0.2) is 5.38 Å². The molecule has 0 aromatic carbocycles. The van der Waals surface area contributed by atoms with E-state index in [0.29, 0.717) is 5.41 Å². The number of hydrogen-bond acceptors (Lipinski definition) is 3. The molecule has 1 N–H and O–H groups in total. The Balaban J connectivity index is 1.75. The molecule has 0 spiro atoms. The number of aromatic nitrogens is 1. The van der Waals surface area contributed by atoms with Gasteiger partial charge >= 0.3 is 0 Å². The van der Waals surface area contributed by atoms with Crippen molar-refractivity contribution >= 4 is 11.3 Å². The van der Waals surface area contributed by atoms with Gasteiger partial charge in [0, 0.05) is 18.5 Å². The molecule has 1 fully saturated rings. The third-order valence-electron chi connectivity index (χ3n) is 3.87. The van der Waals surface area contributed by atoms with Crippen LogP contribution in [0.1, 0.15) is 50.2 Å². The van der Waals surface area contributed by atoms with Gasteiger partial charge in [0.1, 0.15) is 0 Å². The average Bonchev–Trinajstić information content (AvgIpc) is 2.70. The van der Waals surface area contributed by atoms with Crippen molar-refractivity contribution in [2.24, 2.45) is 5.41 Å². The van der Waals surface area contributed by atoms with E-state index in [1.54, 1.807) is 11.3 Å². The summed E-state index contributed by atoms with van der Waals surface area (Å²) < 4.78 is 0. The van der Waals surface area contributed by atoms with Crippen molar-refractivity contribution in [2.75, 3.05) is 6.54 Å². The summed E-state index contributed by atoms with van der Waals surface area (Å²) in [6.45, 7) is 6.59. The monoisotopic (exact) mass is 238 g/mol. The standard InChI is InChI=1S/C13H22N2S/c1-3-12-15-11(9-16-12)8-14-10-13(4-2)6-5-7-13/h9,14H,3-8,10H2,1-2H3. The Morgan fingerprint density at radius 3 is 2.75 bits per heavy atom. The highest BCUT2D eigenvalue weighted by Gasteiger charge is 2.34. The highest BCUT2D eigenvalue weighted by atomic mass is 32.1. The maximum Gasteiger partial charge on any atom is 0.0926 e. The minimum absolute atomic E-state index is 0.615. The van der Waals surface area contributed by atoms with Crippen LogP contribution in [0.4, 0.5) is 0 Å². The van der Waals surface area contributed by atoms with Gasteiger partial charge in [-0.3, -0.25) is 0 Å². The molecule has 16 heavy (non-hydrogen) atoms. The summed E-state index contributed by atoms with van der Waals surface area (Å²) in [4.78, 5) is 4.57. The van der Waals surface area contributed by atoms with Crippen LogP contribution in [0.25, 0.3) is 0 Å². The van der Waals surface area contributed by atoms with Crippen LogP contribution in [0.2, 0.25) is 0 Å². The van der Waals surface area contributed by atoms with Crippen molar-refractivity contribution in [2.45, 2.75) is 52.5 Å². The zero-order chi connectivity index (χ0) is 11.4. The Hall–Kier alpha value is -0.410. The SMILES string of the molecule is CCc1nc(CNCC2(CC)CCC2)cs1. The van der Waals surface area contributed by atoms with Crippen molar-refractivity contribution < 1.29 is 0 Å². The maximum absolute atomic E-state index is 4.57. The molecule has 1 aromatic rings. The Labute approximate surface area is 102 Å². The molecular weight excluding hydrogens is 216 g/mol. The van der Waals surface area contributed by atoms with Gasteiger partial charge in [0.05, 0.1) is 10.7 Å². The first-order chi connectivity index (χ1) is 7.78. The van der Waals surface area contributed by atoms with E-state index >= 15 is 0 Å². The number of thiazole rings is 1. The predicted octanol–water partition coefficient (Wildman–Crippen LogP) is 3.38. The molecule has 2 rings (SSSR count). The molecule has 1 aromatic heterocycles. The van der Waals surface area contributed by atoms with Crippen LogP contribution < -0.4 is 5.32 Å². The molecule has 1 saturated carbocycles. The molecule has 1 aliphatic rings. The molecule has 3 heteroatoms. The molecule has 0 saturated heterocycles. The van der Waals surface area contributed by atoms with E-state index in [9.17, 15) is 0 Å². The second kappa shape index (κ2) is 5.28. The van der Waals surface area contributed by atoms with Crippen molar-refractivity contribution in [3.63, 3.8) is 0 Å². The number of nitrogens with zero attached hydrogens (tertiary/aromatic N) is 1. The predicted molar refractivity (Wildman–Crippen MR) is 69.8 cm³/mol. The Morgan fingerprint density at radius 1 is 1.44 bits per heavy atom. The smallest absolute Gasteiger partial charge is 0.0926 e. The van der Waals surface area contributed by atoms with Gasteiger partial charge in [-0.15, -0.1) is 11.3 Å². The van der Waals surface area contributed by atoms with Gasteiger partial charge in [0.2, 0.25) is 0 Å². The molecule has 1 aliphatic carbocycles. The van der Waals surface area contributed by atoms with Gasteiger partial charge < -0.3 is 5.32 Å². The van der Waals surface area contributed by atoms with Crippen LogP contribution in [-0.2, 0) is 13.0 Å². The van der Waals surface area contributed by atoms with Crippen LogP contribution >= 0.6 is 11.3 Å². The molecule has 90 valence electrons. The van der Waals surface area contributed by atoms with Crippen molar-refractivity contribution in [3.05, 3.63) is 16.1 Å². The van der Waals surface area contributed by atoms with Crippen molar-refractivity contribution in [1.29, 1.82) is 0 Å². The van der Waals surface area contributed by atoms with Crippen LogP contribution in [0, 0.1) is 5.41 Å². The minimum Gasteiger partial charge on any atom is -0.311 e. The van der Waals surface area contributed by atoms with E-state index in [1.807, 2.05) is 0 Å². The first-order valence-electron chi connectivity index (χ1n) is 6.42. The molecule has 1 heterocycles. The summed E-state index contributed by atoms with van der Waals surface area (Å²) in [6, 6.07) is 0. The van der Waals surface area contributed by atoms with Gasteiger partial charge in [-0.2, -0.15) is 0 Å². The highest BCUT2D eigenvalue weighted by Crippen LogP contribution is 2.43. The molecule has 0 atom stereocenters. The molecule has 0 bridgehead atoms. The van der Waals surface area contributed by atoms with Crippen molar-refractivity contribution in [1.82, 2.24) is 10.3 Å². The average molecular weight is 238 g/mol. The van der Waals surface area contributed by atoms with Gasteiger partial charge in [0.25, 0.3) is 0 Å². The molecule has 0 radical (unpaired) electrons. The quantitative estimate of drug-likeness (QED) is 0.822. The first kappa shape index (κ1) is 12.1. The molecule has 0 aliphatic heterocycles. The second-order valence-electron chi connectivity index (χ2n) is 4.90. The fourth-order valence-electron chi connectivity index (χ4n) is 2.38. The lowest BCUT2D eigenvalue weighted by molar-refractivity contribution is 0.123. The van der Waals surface area contributed by atoms with Crippen molar-refractivity contribution in [3.8, 4) is 0 Å². The fourth-order valence-corrected chi connectivity index (χ4v) is 3.13. The minimum atomic E-state index is 0.615. The summed E-state index contributed by atoms with van der Waals surface area (Å²) in [7, 11) is 0. The normalized spacial score (nSPS) is 18.4. The van der Waals surface area contributed by atoms with Crippen LogP contribution in [0.3, 0.4) is 0 Å². The number of hydrogen-bond donors (Lipinski definition) is 1. The lowest BCUT2D eigenvalue weighted by Crippen LogP contribution is -2.39. The second-order valence-corrected chi connectivity index (χ2v) is 5.84. The summed E-state index contributed by atoms with van der Waals surface area (Å²) >= 11 is 1.78. The molecule has 0 amide bonds. The van der Waals surface area contributed by atoms with Gasteiger partial charge in [-0.1, -0.05) is 20.3 Å². The summed E-state index contributed by atoms with van der Waals surface area (Å²) in [5, 5.41) is 7.02. The Bertz CT molecular complexity index is 323. The van der Waals surface area contributed by atoms with E-state index < -0.39 is 0 Å². The summed E-state index contributed by atoms with van der Waals surface area (Å²) in [5.41, 5.74) is 1.83. The zero-order valence-corrected chi connectivity index (χ0v) is 11.2. The number of rotatable bonds is 6. The van der Waals surface area contributed by atoms with E-state index in [4.69, 9.17) is 0 Å². The Morgan fingerprint density at radius 2 is 2.25 bits per heavy atom. The number of aryl methyl sites for hydroxylation is 1.